The predicted octanol–water partition coefficient (Wildman–Crippen LogP) is 10.1. The number of unbranched alkanes of at least 4 members (excludes halogenated alkanes) is 24. The van der Waals surface area contributed by atoms with Gasteiger partial charge in [-0.1, -0.05) is 154 Å². The molecule has 1 fully saturated rings. The van der Waals surface area contributed by atoms with Crippen LogP contribution in [-0.4, -0.2) is 89.0 Å². The van der Waals surface area contributed by atoms with Crippen LogP contribution in [0.15, 0.2) is 24.3 Å². The van der Waals surface area contributed by atoms with E-state index >= 15 is 0 Å². The number of ether oxygens (including phenoxy) is 4. The second-order valence-corrected chi connectivity index (χ2v) is 16.2. The highest BCUT2D eigenvalue weighted by atomic mass is 16.7. The van der Waals surface area contributed by atoms with Crippen LogP contribution in [0.2, 0.25) is 0 Å². The topological polar surface area (TPSA) is 152 Å². The molecule has 334 valence electrons. The van der Waals surface area contributed by atoms with Crippen molar-refractivity contribution in [2.45, 2.75) is 243 Å². The number of aliphatic hydroxyl groups is 4. The van der Waals surface area contributed by atoms with Crippen LogP contribution in [0.4, 0.5) is 0 Å². The molecule has 2 unspecified atom stereocenters. The van der Waals surface area contributed by atoms with Gasteiger partial charge in [-0.3, -0.25) is 9.59 Å². The molecule has 10 nitrogen and oxygen atoms in total. The first-order valence-electron chi connectivity index (χ1n) is 23.4. The first-order valence-corrected chi connectivity index (χ1v) is 23.4. The second kappa shape index (κ2) is 38.4. The number of hydrogen-bond donors (Lipinski definition) is 4. The van der Waals surface area contributed by atoms with Crippen molar-refractivity contribution in [2.24, 2.45) is 0 Å². The molecule has 0 radical (unpaired) electrons. The molecule has 1 heterocycles. The predicted molar refractivity (Wildman–Crippen MR) is 229 cm³/mol. The van der Waals surface area contributed by atoms with E-state index in [2.05, 4.69) is 38.2 Å². The van der Waals surface area contributed by atoms with Crippen LogP contribution < -0.4 is 0 Å². The van der Waals surface area contributed by atoms with Crippen LogP contribution in [0.3, 0.4) is 0 Å². The normalized spacial score (nSPS) is 20.4. The lowest BCUT2D eigenvalue weighted by Crippen LogP contribution is -2.59. The number of carbonyl (C=O) groups excluding carboxylic acids is 2. The molecule has 1 aliphatic rings. The van der Waals surface area contributed by atoms with Crippen molar-refractivity contribution in [3.8, 4) is 0 Å². The maximum Gasteiger partial charge on any atom is 0.306 e. The number of esters is 2. The van der Waals surface area contributed by atoms with E-state index in [0.29, 0.717) is 12.8 Å². The van der Waals surface area contributed by atoms with Gasteiger partial charge in [-0.05, 0) is 64.2 Å². The summed E-state index contributed by atoms with van der Waals surface area (Å²) in [6, 6.07) is 0. The van der Waals surface area contributed by atoms with Gasteiger partial charge in [0.2, 0.25) is 0 Å². The van der Waals surface area contributed by atoms with Crippen LogP contribution in [0, 0.1) is 0 Å². The Balaban J connectivity index is 2.30. The molecule has 1 saturated heterocycles. The minimum Gasteiger partial charge on any atom is -0.462 e. The minimum absolute atomic E-state index is 0.224. The molecular formula is C47H86O10. The van der Waals surface area contributed by atoms with Gasteiger partial charge in [-0.25, -0.2) is 0 Å². The lowest BCUT2D eigenvalue weighted by atomic mass is 9.99. The van der Waals surface area contributed by atoms with E-state index in [9.17, 15) is 30.0 Å². The lowest BCUT2D eigenvalue weighted by Gasteiger charge is -2.39. The molecule has 6 atom stereocenters. The number of allylic oxidation sites excluding steroid dienone is 4. The van der Waals surface area contributed by atoms with Crippen LogP contribution in [0.5, 0.6) is 0 Å². The Hall–Kier alpha value is -1.82. The molecule has 0 spiro atoms. The second-order valence-electron chi connectivity index (χ2n) is 16.2. The summed E-state index contributed by atoms with van der Waals surface area (Å²) in [5.74, 6) is -0.822. The largest absolute Gasteiger partial charge is 0.462 e. The molecule has 0 bridgehead atoms. The first kappa shape index (κ1) is 53.2. The van der Waals surface area contributed by atoms with E-state index in [0.717, 1.165) is 44.9 Å². The summed E-state index contributed by atoms with van der Waals surface area (Å²) in [5.41, 5.74) is 0. The van der Waals surface area contributed by atoms with Crippen LogP contribution in [-0.2, 0) is 28.5 Å². The van der Waals surface area contributed by atoms with Gasteiger partial charge in [0, 0.05) is 12.8 Å². The van der Waals surface area contributed by atoms with Crippen LogP contribution in [0.25, 0.3) is 0 Å². The van der Waals surface area contributed by atoms with Crippen molar-refractivity contribution >= 4 is 11.9 Å². The van der Waals surface area contributed by atoms with Crippen molar-refractivity contribution in [3.63, 3.8) is 0 Å². The molecule has 10 heteroatoms. The third-order valence-corrected chi connectivity index (χ3v) is 10.8. The number of rotatable bonds is 39. The Morgan fingerprint density at radius 2 is 0.930 bits per heavy atom. The highest BCUT2D eigenvalue weighted by Crippen LogP contribution is 2.23. The fourth-order valence-corrected chi connectivity index (χ4v) is 7.06. The Kier molecular flexibility index (Phi) is 35.8. The van der Waals surface area contributed by atoms with Crippen molar-refractivity contribution in [1.82, 2.24) is 0 Å². The van der Waals surface area contributed by atoms with Gasteiger partial charge in [0.25, 0.3) is 0 Å². The summed E-state index contributed by atoms with van der Waals surface area (Å²) < 4.78 is 22.2. The molecule has 1 rings (SSSR count). The summed E-state index contributed by atoms with van der Waals surface area (Å²) in [6.45, 7) is 3.41. The molecule has 0 aromatic rings. The third kappa shape index (κ3) is 30.0. The molecule has 0 aliphatic carbocycles. The standard InChI is InChI=1S/C47H86O10/c1-3-5-7-9-11-13-15-17-18-19-20-21-22-24-26-28-30-32-34-36-43(50)56-40(39-55-47-46(53)45(52)44(51)41(37-48)57-47)38-54-42(49)35-33-31-29-27-25-23-16-14-12-10-8-6-4-2/h17-18,23,25,40-41,44-48,51-53H,3-16,19-22,24,26-39H2,1-2H3/b18-17+,25-23+/t40-,41-,44+,45?,46?,47-/m1/s1. The van der Waals surface area contributed by atoms with Crippen molar-refractivity contribution in [1.29, 1.82) is 0 Å². The van der Waals surface area contributed by atoms with Crippen LogP contribution >= 0.6 is 0 Å². The Bertz CT molecular complexity index is 985. The lowest BCUT2D eigenvalue weighted by molar-refractivity contribution is -0.305. The SMILES string of the molecule is CCCCCCCC/C=C/CCCCCCCCCCCC(=O)O[C@H](COC(=O)CCCCC/C=C/CCCCCCCC)CO[C@@H]1O[C@H](CO)[C@H](O)C(O)C1O. The summed E-state index contributed by atoms with van der Waals surface area (Å²) in [5, 5.41) is 40.1. The van der Waals surface area contributed by atoms with Gasteiger partial charge in [-0.2, -0.15) is 0 Å². The molecule has 57 heavy (non-hydrogen) atoms. The highest BCUT2D eigenvalue weighted by molar-refractivity contribution is 5.70. The van der Waals surface area contributed by atoms with E-state index in [4.69, 9.17) is 18.9 Å². The third-order valence-electron chi connectivity index (χ3n) is 10.8. The maximum absolute atomic E-state index is 12.8. The summed E-state index contributed by atoms with van der Waals surface area (Å²) in [4.78, 5) is 25.3. The average Bonchev–Trinajstić information content (AvgIpc) is 3.21. The maximum atomic E-state index is 12.8. The summed E-state index contributed by atoms with van der Waals surface area (Å²) >= 11 is 0. The molecular weight excluding hydrogens is 725 g/mol. The Morgan fingerprint density at radius 1 is 0.526 bits per heavy atom. The van der Waals surface area contributed by atoms with E-state index in [-0.39, 0.29) is 26.1 Å². The highest BCUT2D eigenvalue weighted by Gasteiger charge is 2.44. The average molecular weight is 811 g/mol. The molecule has 1 aliphatic heterocycles. The Morgan fingerprint density at radius 3 is 1.39 bits per heavy atom. The zero-order valence-electron chi connectivity index (χ0n) is 36.3. The quantitative estimate of drug-likeness (QED) is 0.0268. The zero-order valence-corrected chi connectivity index (χ0v) is 36.3. The summed E-state index contributed by atoms with van der Waals surface area (Å²) in [6.07, 6.45) is 34.7. The fourth-order valence-electron chi connectivity index (χ4n) is 7.06. The van der Waals surface area contributed by atoms with Crippen molar-refractivity contribution in [2.75, 3.05) is 19.8 Å². The molecule has 4 N–H and O–H groups in total. The molecule has 0 aromatic carbocycles. The van der Waals surface area contributed by atoms with Gasteiger partial charge in [-0.15, -0.1) is 0 Å². The summed E-state index contributed by atoms with van der Waals surface area (Å²) in [7, 11) is 0. The van der Waals surface area contributed by atoms with E-state index in [1.165, 1.54) is 122 Å². The number of carbonyl (C=O) groups is 2. The monoisotopic (exact) mass is 811 g/mol. The van der Waals surface area contributed by atoms with Gasteiger partial charge in [0.15, 0.2) is 12.4 Å². The van der Waals surface area contributed by atoms with Crippen LogP contribution in [0.1, 0.15) is 206 Å². The molecule has 0 amide bonds. The van der Waals surface area contributed by atoms with E-state index in [1.807, 2.05) is 0 Å². The molecule has 0 aromatic heterocycles. The number of aliphatic hydroxyl groups excluding tert-OH is 4. The van der Waals surface area contributed by atoms with Crippen molar-refractivity contribution < 1.29 is 49.0 Å². The van der Waals surface area contributed by atoms with Crippen molar-refractivity contribution in [3.05, 3.63) is 24.3 Å². The fraction of sp³-hybridized carbons (Fsp3) is 0.872. The molecule has 0 saturated carbocycles. The van der Waals surface area contributed by atoms with Gasteiger partial charge in [0.05, 0.1) is 13.2 Å². The number of hydrogen-bond acceptors (Lipinski definition) is 10. The first-order chi connectivity index (χ1) is 27.8. The smallest absolute Gasteiger partial charge is 0.306 e. The zero-order chi connectivity index (χ0) is 41.6. The van der Waals surface area contributed by atoms with E-state index in [1.54, 1.807) is 0 Å². The minimum atomic E-state index is -1.60. The van der Waals surface area contributed by atoms with Gasteiger partial charge in [0.1, 0.15) is 31.0 Å². The van der Waals surface area contributed by atoms with E-state index < -0.39 is 55.4 Å². The van der Waals surface area contributed by atoms with Gasteiger partial charge >= 0.3 is 11.9 Å². The van der Waals surface area contributed by atoms with Gasteiger partial charge < -0.3 is 39.4 Å². The Labute approximate surface area is 347 Å².